The number of hydrogen-bond donors (Lipinski definition) is 1. The zero-order chi connectivity index (χ0) is 20.8. The number of nitrogens with zero attached hydrogens (tertiary/aromatic N) is 2. The number of hydrogen-bond acceptors (Lipinski definition) is 6. The molecule has 0 unspecified atom stereocenters. The van der Waals surface area contributed by atoms with Crippen molar-refractivity contribution in [2.75, 3.05) is 6.26 Å². The second-order valence-corrected chi connectivity index (χ2v) is 9.44. The van der Waals surface area contributed by atoms with Gasteiger partial charge in [-0.05, 0) is 49.2 Å². The van der Waals surface area contributed by atoms with Crippen LogP contribution in [0.1, 0.15) is 19.4 Å². The maximum absolute atomic E-state index is 11.6. The summed E-state index contributed by atoms with van der Waals surface area (Å²) < 4.78 is 29.3. The Morgan fingerprint density at radius 3 is 2.45 bits per heavy atom. The molecule has 0 radical (unpaired) electrons. The van der Waals surface area contributed by atoms with E-state index in [-0.39, 0.29) is 5.03 Å². The van der Waals surface area contributed by atoms with E-state index < -0.39 is 15.4 Å². The Bertz CT molecular complexity index is 1300. The lowest BCUT2D eigenvalue weighted by Gasteiger charge is -2.18. The fourth-order valence-electron chi connectivity index (χ4n) is 3.12. The molecule has 29 heavy (non-hydrogen) atoms. The molecule has 3 aromatic heterocycles. The highest BCUT2D eigenvalue weighted by atomic mass is 32.2. The molecule has 0 saturated carbocycles. The van der Waals surface area contributed by atoms with Gasteiger partial charge in [-0.15, -0.1) is 0 Å². The predicted octanol–water partition coefficient (Wildman–Crippen LogP) is 4.19. The van der Waals surface area contributed by atoms with Crippen molar-refractivity contribution in [1.82, 2.24) is 9.97 Å². The summed E-state index contributed by atoms with van der Waals surface area (Å²) in [6, 6.07) is 14.4. The summed E-state index contributed by atoms with van der Waals surface area (Å²) in [5.41, 5.74) is 3.56. The van der Waals surface area contributed by atoms with Gasteiger partial charge < -0.3 is 9.52 Å². The zero-order valence-electron chi connectivity index (χ0n) is 16.2. The minimum Gasteiger partial charge on any atom is -0.454 e. The van der Waals surface area contributed by atoms with Crippen LogP contribution in [0.25, 0.3) is 33.6 Å². The molecule has 4 rings (SSSR count). The number of sulfone groups is 1. The van der Waals surface area contributed by atoms with Crippen LogP contribution in [0.2, 0.25) is 0 Å². The first-order valence-corrected chi connectivity index (χ1v) is 10.9. The molecule has 148 valence electrons. The molecule has 6 nitrogen and oxygen atoms in total. The third kappa shape index (κ3) is 3.79. The first kappa shape index (κ1) is 19.3. The maximum Gasteiger partial charge on any atom is 0.192 e. The van der Waals surface area contributed by atoms with Gasteiger partial charge in [0, 0.05) is 35.8 Å². The number of aliphatic hydroxyl groups is 1. The van der Waals surface area contributed by atoms with Gasteiger partial charge in [0.1, 0.15) is 11.3 Å². The molecule has 0 saturated heterocycles. The van der Waals surface area contributed by atoms with E-state index in [1.165, 1.54) is 12.3 Å². The lowest BCUT2D eigenvalue weighted by atomic mass is 9.94. The van der Waals surface area contributed by atoms with Crippen molar-refractivity contribution in [3.63, 3.8) is 0 Å². The normalized spacial score (nSPS) is 12.4. The van der Waals surface area contributed by atoms with Crippen LogP contribution < -0.4 is 0 Å². The predicted molar refractivity (Wildman–Crippen MR) is 111 cm³/mol. The minimum absolute atomic E-state index is 0.0135. The van der Waals surface area contributed by atoms with Crippen LogP contribution in [0.5, 0.6) is 0 Å². The number of pyridine rings is 2. The molecule has 3 heterocycles. The van der Waals surface area contributed by atoms with Crippen LogP contribution in [-0.4, -0.2) is 29.7 Å². The largest absolute Gasteiger partial charge is 0.454 e. The zero-order valence-corrected chi connectivity index (χ0v) is 17.1. The quantitative estimate of drug-likeness (QED) is 0.544. The Balaban J connectivity index is 1.81. The van der Waals surface area contributed by atoms with E-state index in [1.807, 2.05) is 30.3 Å². The van der Waals surface area contributed by atoms with Gasteiger partial charge in [-0.2, -0.15) is 0 Å². The van der Waals surface area contributed by atoms with E-state index in [0.717, 1.165) is 22.9 Å². The van der Waals surface area contributed by atoms with Crippen LogP contribution in [0.15, 0.2) is 70.4 Å². The van der Waals surface area contributed by atoms with Gasteiger partial charge >= 0.3 is 0 Å². The van der Waals surface area contributed by atoms with Crippen LogP contribution in [0.4, 0.5) is 0 Å². The molecule has 0 aliphatic carbocycles. The molecule has 1 aromatic carbocycles. The number of rotatable bonds is 4. The molecule has 7 heteroatoms. The van der Waals surface area contributed by atoms with Gasteiger partial charge in [0.2, 0.25) is 0 Å². The summed E-state index contributed by atoms with van der Waals surface area (Å²) in [5.74, 6) is 0.547. The second-order valence-electron chi connectivity index (χ2n) is 7.48. The van der Waals surface area contributed by atoms with Crippen LogP contribution in [-0.2, 0) is 15.4 Å². The Morgan fingerprint density at radius 1 is 1.00 bits per heavy atom. The summed E-state index contributed by atoms with van der Waals surface area (Å²) in [6.07, 6.45) is 4.30. The first-order valence-electron chi connectivity index (χ1n) is 9.01. The lowest BCUT2D eigenvalue weighted by molar-refractivity contribution is 0.0786. The summed E-state index contributed by atoms with van der Waals surface area (Å²) in [7, 11) is -3.36. The first-order chi connectivity index (χ1) is 13.6. The van der Waals surface area contributed by atoms with Crippen molar-refractivity contribution < 1.29 is 17.9 Å². The van der Waals surface area contributed by atoms with Gasteiger partial charge in [0.05, 0.1) is 5.60 Å². The van der Waals surface area contributed by atoms with Crippen LogP contribution >= 0.6 is 0 Å². The lowest BCUT2D eigenvalue weighted by Crippen LogP contribution is -2.15. The Morgan fingerprint density at radius 2 is 1.79 bits per heavy atom. The summed E-state index contributed by atoms with van der Waals surface area (Å²) >= 11 is 0. The fraction of sp³-hybridized carbons (Fsp3) is 0.182. The summed E-state index contributed by atoms with van der Waals surface area (Å²) in [4.78, 5) is 8.40. The van der Waals surface area contributed by atoms with E-state index in [2.05, 4.69) is 9.97 Å². The summed E-state index contributed by atoms with van der Waals surface area (Å²) in [6.45, 7) is 3.48. The van der Waals surface area contributed by atoms with Crippen molar-refractivity contribution in [3.05, 3.63) is 66.5 Å². The highest BCUT2D eigenvalue weighted by molar-refractivity contribution is 7.90. The van der Waals surface area contributed by atoms with Gasteiger partial charge in [-0.25, -0.2) is 13.4 Å². The number of benzene rings is 1. The number of aromatic nitrogens is 2. The smallest absolute Gasteiger partial charge is 0.192 e. The van der Waals surface area contributed by atoms with Crippen LogP contribution in [0, 0.1) is 0 Å². The average Bonchev–Trinajstić information content (AvgIpc) is 3.11. The fourth-order valence-corrected chi connectivity index (χ4v) is 3.68. The Labute approximate surface area is 168 Å². The van der Waals surface area contributed by atoms with E-state index in [9.17, 15) is 13.5 Å². The highest BCUT2D eigenvalue weighted by Crippen LogP contribution is 2.34. The van der Waals surface area contributed by atoms with Gasteiger partial charge in [-0.3, -0.25) is 4.98 Å². The van der Waals surface area contributed by atoms with Crippen LogP contribution in [0.3, 0.4) is 0 Å². The van der Waals surface area contributed by atoms with Crippen molar-refractivity contribution in [1.29, 1.82) is 0 Å². The molecule has 0 bridgehead atoms. The molecule has 0 aliphatic heterocycles. The van der Waals surface area contributed by atoms with Crippen molar-refractivity contribution in [3.8, 4) is 22.5 Å². The molecular formula is C22H20N2O4S. The van der Waals surface area contributed by atoms with E-state index in [4.69, 9.17) is 4.42 Å². The molecule has 0 atom stereocenters. The van der Waals surface area contributed by atoms with Gasteiger partial charge in [0.15, 0.2) is 20.4 Å². The van der Waals surface area contributed by atoms with E-state index >= 15 is 0 Å². The molecule has 0 amide bonds. The molecule has 1 N–H and O–H groups in total. The average molecular weight is 408 g/mol. The third-order valence-electron chi connectivity index (χ3n) is 4.69. The Hall–Kier alpha value is -3.03. The highest BCUT2D eigenvalue weighted by Gasteiger charge is 2.18. The second kappa shape index (κ2) is 6.79. The Kier molecular flexibility index (Phi) is 4.52. The maximum atomic E-state index is 11.6. The standard InChI is InChI=1S/C22H20N2O4S/c1-22(2,25)16-6-4-5-14(11-16)17-9-10-23-18-12-19(28-21(17)18)15-7-8-20(24-13-15)29(3,26)27/h4-13,25H,1-3H3. The van der Waals surface area contributed by atoms with Gasteiger partial charge in [0.25, 0.3) is 0 Å². The molecule has 0 aliphatic rings. The van der Waals surface area contributed by atoms with Crippen molar-refractivity contribution in [2.45, 2.75) is 24.5 Å². The van der Waals surface area contributed by atoms with Crippen molar-refractivity contribution >= 4 is 20.9 Å². The van der Waals surface area contributed by atoms with Gasteiger partial charge in [-0.1, -0.05) is 18.2 Å². The van der Waals surface area contributed by atoms with E-state index in [1.54, 1.807) is 32.2 Å². The number of furan rings is 1. The SMILES string of the molecule is CC(C)(O)c1cccc(-c2ccnc3cc(-c4ccc(S(C)(=O)=O)nc4)oc23)c1. The number of fused-ring (bicyclic) bond motifs is 1. The minimum atomic E-state index is -3.36. The summed E-state index contributed by atoms with van der Waals surface area (Å²) in [5, 5.41) is 10.3. The molecule has 0 spiro atoms. The van der Waals surface area contributed by atoms with E-state index in [0.29, 0.717) is 22.4 Å². The molecule has 4 aromatic rings. The molecular weight excluding hydrogens is 388 g/mol. The van der Waals surface area contributed by atoms with Crippen molar-refractivity contribution in [2.24, 2.45) is 0 Å². The third-order valence-corrected chi connectivity index (χ3v) is 5.69. The molecule has 0 fully saturated rings. The topological polar surface area (TPSA) is 93.3 Å². The monoisotopic (exact) mass is 408 g/mol.